The lowest BCUT2D eigenvalue weighted by Crippen LogP contribution is -2.22. The van der Waals surface area contributed by atoms with Crippen LogP contribution >= 0.6 is 0 Å². The van der Waals surface area contributed by atoms with E-state index in [4.69, 9.17) is 11.5 Å². The van der Waals surface area contributed by atoms with E-state index in [1.807, 2.05) is 13.8 Å². The Morgan fingerprint density at radius 3 is 2.75 bits per heavy atom. The largest absolute Gasteiger partial charge is 0.370 e. The van der Waals surface area contributed by atoms with Crippen molar-refractivity contribution in [3.8, 4) is 0 Å². The highest BCUT2D eigenvalue weighted by molar-refractivity contribution is 5.78. The molecule has 4 N–H and O–H groups in total. The van der Waals surface area contributed by atoms with Gasteiger partial charge in [0.05, 0.1) is 6.20 Å². The molecule has 0 saturated heterocycles. The van der Waals surface area contributed by atoms with Gasteiger partial charge in [0, 0.05) is 12.1 Å². The summed E-state index contributed by atoms with van der Waals surface area (Å²) in [6.07, 6.45) is 1.67. The normalized spacial score (nSPS) is 10.2. The molecule has 12 heavy (non-hydrogen) atoms. The molecule has 1 heterocycles. The van der Waals surface area contributed by atoms with Gasteiger partial charge >= 0.3 is 0 Å². The van der Waals surface area contributed by atoms with Crippen molar-refractivity contribution in [2.75, 3.05) is 0 Å². The van der Waals surface area contributed by atoms with Crippen LogP contribution in [-0.2, 0) is 0 Å². The minimum atomic E-state index is 0.0531. The highest BCUT2D eigenvalue weighted by atomic mass is 15.3. The van der Waals surface area contributed by atoms with Crippen molar-refractivity contribution >= 4 is 11.8 Å². The van der Waals surface area contributed by atoms with Gasteiger partial charge in [0.1, 0.15) is 0 Å². The molecule has 0 spiro atoms. The molecule has 0 aliphatic heterocycles. The monoisotopic (exact) mass is 167 g/mol. The van der Waals surface area contributed by atoms with Gasteiger partial charge in [-0.2, -0.15) is 10.1 Å². The summed E-state index contributed by atoms with van der Waals surface area (Å²) in [5.74, 6) is 0.738. The average Bonchev–Trinajstić information content (AvgIpc) is 2.33. The molecule has 5 heteroatoms. The number of hydrogen-bond donors (Lipinski definition) is 2. The molecular weight excluding hydrogens is 154 g/mol. The van der Waals surface area contributed by atoms with Gasteiger partial charge in [0.15, 0.2) is 11.8 Å². The number of rotatable bonds is 2. The van der Waals surface area contributed by atoms with Crippen molar-refractivity contribution in [2.24, 2.45) is 16.5 Å². The van der Waals surface area contributed by atoms with Crippen LogP contribution in [-0.4, -0.2) is 15.7 Å². The van der Waals surface area contributed by atoms with E-state index >= 15 is 0 Å². The number of guanidine groups is 1. The Morgan fingerprint density at radius 2 is 2.25 bits per heavy atom. The van der Waals surface area contributed by atoms with Gasteiger partial charge < -0.3 is 11.5 Å². The first-order valence-corrected chi connectivity index (χ1v) is 3.74. The first-order valence-electron chi connectivity index (χ1n) is 3.74. The van der Waals surface area contributed by atoms with Crippen molar-refractivity contribution in [3.05, 3.63) is 12.3 Å². The van der Waals surface area contributed by atoms with E-state index in [0.717, 1.165) is 0 Å². The van der Waals surface area contributed by atoms with Crippen molar-refractivity contribution in [2.45, 2.75) is 19.9 Å². The minimum absolute atomic E-state index is 0.0531. The van der Waals surface area contributed by atoms with Crippen LogP contribution in [0, 0.1) is 0 Å². The molecule has 0 radical (unpaired) electrons. The minimum Gasteiger partial charge on any atom is -0.370 e. The number of nitrogens with zero attached hydrogens (tertiary/aromatic N) is 3. The van der Waals surface area contributed by atoms with E-state index in [1.165, 1.54) is 0 Å². The smallest absolute Gasteiger partial charge is 0.192 e. The Bertz CT molecular complexity index is 282. The van der Waals surface area contributed by atoms with Crippen LogP contribution < -0.4 is 11.5 Å². The molecule has 0 unspecified atom stereocenters. The Kier molecular flexibility index (Phi) is 2.32. The van der Waals surface area contributed by atoms with Crippen molar-refractivity contribution in [1.29, 1.82) is 0 Å². The SMILES string of the molecule is CC(C)n1nccc1N=C(N)N. The summed E-state index contributed by atoms with van der Waals surface area (Å²) in [6, 6.07) is 2.03. The summed E-state index contributed by atoms with van der Waals surface area (Å²) in [7, 11) is 0. The third-order valence-electron chi connectivity index (χ3n) is 1.38. The number of hydrogen-bond acceptors (Lipinski definition) is 2. The molecule has 66 valence electrons. The fourth-order valence-corrected chi connectivity index (χ4v) is 0.926. The van der Waals surface area contributed by atoms with E-state index in [0.29, 0.717) is 5.82 Å². The summed E-state index contributed by atoms with van der Waals surface area (Å²) in [5, 5.41) is 4.07. The Labute approximate surface area is 71.1 Å². The molecule has 0 atom stereocenters. The topological polar surface area (TPSA) is 82.2 Å². The first-order chi connectivity index (χ1) is 5.61. The molecule has 0 fully saturated rings. The molecule has 0 aliphatic rings. The summed E-state index contributed by atoms with van der Waals surface area (Å²) in [6.45, 7) is 4.03. The van der Waals surface area contributed by atoms with Crippen molar-refractivity contribution in [3.63, 3.8) is 0 Å². The lowest BCUT2D eigenvalue weighted by molar-refractivity contribution is 0.537. The van der Waals surface area contributed by atoms with Crippen LogP contribution in [0.4, 0.5) is 5.82 Å². The molecule has 0 aliphatic carbocycles. The van der Waals surface area contributed by atoms with E-state index in [9.17, 15) is 0 Å². The number of aromatic nitrogens is 2. The zero-order valence-electron chi connectivity index (χ0n) is 7.23. The molecule has 1 aromatic heterocycles. The van der Waals surface area contributed by atoms with Gasteiger partial charge in [-0.25, -0.2) is 4.68 Å². The quantitative estimate of drug-likeness (QED) is 0.493. The van der Waals surface area contributed by atoms with Gasteiger partial charge in [-0.3, -0.25) is 0 Å². The second-order valence-electron chi connectivity index (χ2n) is 2.76. The van der Waals surface area contributed by atoms with E-state index in [1.54, 1.807) is 16.9 Å². The first kappa shape index (κ1) is 8.58. The van der Waals surface area contributed by atoms with Crippen LogP contribution in [0.15, 0.2) is 17.3 Å². The van der Waals surface area contributed by atoms with E-state index in [2.05, 4.69) is 10.1 Å². The standard InChI is InChI=1S/C7H13N5/c1-5(2)12-6(3-4-10-12)11-7(8)9/h3-5H,1-2H3,(H4,8,9,11). The summed E-state index contributed by atoms with van der Waals surface area (Å²) in [5.41, 5.74) is 10.5. The third-order valence-corrected chi connectivity index (χ3v) is 1.38. The molecule has 0 bridgehead atoms. The van der Waals surface area contributed by atoms with Crippen LogP contribution in [0.1, 0.15) is 19.9 Å². The number of nitrogens with two attached hydrogens (primary N) is 2. The highest BCUT2D eigenvalue weighted by Crippen LogP contribution is 2.15. The fraction of sp³-hybridized carbons (Fsp3) is 0.429. The molecule has 1 rings (SSSR count). The summed E-state index contributed by atoms with van der Waals surface area (Å²) < 4.78 is 1.75. The maximum Gasteiger partial charge on any atom is 0.192 e. The summed E-state index contributed by atoms with van der Waals surface area (Å²) in [4.78, 5) is 3.91. The molecule has 1 aromatic rings. The zero-order valence-corrected chi connectivity index (χ0v) is 7.23. The van der Waals surface area contributed by atoms with E-state index in [-0.39, 0.29) is 12.0 Å². The maximum absolute atomic E-state index is 5.24. The Morgan fingerprint density at radius 1 is 1.58 bits per heavy atom. The number of aliphatic imine (C=N–C) groups is 1. The highest BCUT2D eigenvalue weighted by Gasteiger charge is 2.03. The average molecular weight is 167 g/mol. The maximum atomic E-state index is 5.24. The van der Waals surface area contributed by atoms with Gasteiger partial charge in [0.25, 0.3) is 0 Å². The predicted octanol–water partition coefficient (Wildman–Crippen LogP) is 0.369. The van der Waals surface area contributed by atoms with Crippen LogP contribution in [0.25, 0.3) is 0 Å². The second-order valence-corrected chi connectivity index (χ2v) is 2.76. The zero-order chi connectivity index (χ0) is 9.14. The van der Waals surface area contributed by atoms with Gasteiger partial charge in [-0.05, 0) is 13.8 Å². The van der Waals surface area contributed by atoms with E-state index < -0.39 is 0 Å². The Balaban J connectivity index is 3.00. The molecule has 5 nitrogen and oxygen atoms in total. The van der Waals surface area contributed by atoms with Crippen LogP contribution in [0.3, 0.4) is 0 Å². The summed E-state index contributed by atoms with van der Waals surface area (Å²) >= 11 is 0. The van der Waals surface area contributed by atoms with Crippen LogP contribution in [0.5, 0.6) is 0 Å². The van der Waals surface area contributed by atoms with Crippen molar-refractivity contribution < 1.29 is 0 Å². The fourth-order valence-electron chi connectivity index (χ4n) is 0.926. The third kappa shape index (κ3) is 1.75. The second kappa shape index (κ2) is 3.25. The van der Waals surface area contributed by atoms with Crippen molar-refractivity contribution in [1.82, 2.24) is 9.78 Å². The Hall–Kier alpha value is -1.52. The lowest BCUT2D eigenvalue weighted by Gasteiger charge is -2.06. The molecule has 0 amide bonds. The molecular formula is C7H13N5. The van der Waals surface area contributed by atoms with Gasteiger partial charge in [-0.15, -0.1) is 0 Å². The van der Waals surface area contributed by atoms with Crippen LogP contribution in [0.2, 0.25) is 0 Å². The molecule has 0 aromatic carbocycles. The van der Waals surface area contributed by atoms with Gasteiger partial charge in [0.2, 0.25) is 0 Å². The lowest BCUT2D eigenvalue weighted by atomic mass is 10.4. The van der Waals surface area contributed by atoms with Gasteiger partial charge in [-0.1, -0.05) is 0 Å². The molecule has 0 saturated carbocycles. The predicted molar refractivity (Wildman–Crippen MR) is 48.1 cm³/mol.